The van der Waals surface area contributed by atoms with Gasteiger partial charge in [0.05, 0.1) is 18.2 Å². The fourth-order valence-corrected chi connectivity index (χ4v) is 2.43. The summed E-state index contributed by atoms with van der Waals surface area (Å²) >= 11 is 0. The second kappa shape index (κ2) is 6.66. The lowest BCUT2D eigenvalue weighted by Crippen LogP contribution is -2.05. The average molecular weight is 321 g/mol. The molecule has 0 aliphatic heterocycles. The predicted octanol–water partition coefficient (Wildman–Crippen LogP) is 4.28. The van der Waals surface area contributed by atoms with Crippen LogP contribution in [0.15, 0.2) is 48.5 Å². The van der Waals surface area contributed by atoms with E-state index in [0.29, 0.717) is 5.56 Å². The van der Waals surface area contributed by atoms with Crippen molar-refractivity contribution in [2.75, 3.05) is 12.4 Å². The van der Waals surface area contributed by atoms with Crippen molar-refractivity contribution in [3.63, 3.8) is 0 Å². The summed E-state index contributed by atoms with van der Waals surface area (Å²) in [6, 6.07) is 15.0. The molecule has 0 unspecified atom stereocenters. The van der Waals surface area contributed by atoms with Gasteiger partial charge in [0.2, 0.25) is 0 Å². The molecule has 0 fully saturated rings. The summed E-state index contributed by atoms with van der Waals surface area (Å²) in [5.41, 5.74) is 2.16. The van der Waals surface area contributed by atoms with Crippen LogP contribution < -0.4 is 5.32 Å². The highest BCUT2D eigenvalue weighted by Crippen LogP contribution is 2.26. The number of benzene rings is 2. The van der Waals surface area contributed by atoms with Gasteiger partial charge >= 0.3 is 5.97 Å². The topological polar surface area (TPSA) is 64.1 Å². The average Bonchev–Trinajstić information content (AvgIpc) is 2.61. The number of carbonyl (C=O) groups is 1. The van der Waals surface area contributed by atoms with Crippen molar-refractivity contribution in [3.8, 4) is 0 Å². The molecule has 0 atom stereocenters. The first-order valence-corrected chi connectivity index (χ1v) is 7.80. The van der Waals surface area contributed by atoms with Crippen LogP contribution >= 0.6 is 0 Å². The molecule has 0 spiro atoms. The summed E-state index contributed by atoms with van der Waals surface area (Å²) in [6.45, 7) is 4.12. The van der Waals surface area contributed by atoms with Gasteiger partial charge in [-0.15, -0.1) is 0 Å². The van der Waals surface area contributed by atoms with Crippen LogP contribution in [-0.4, -0.2) is 23.0 Å². The Morgan fingerprint density at radius 2 is 1.88 bits per heavy atom. The third-order valence-electron chi connectivity index (χ3n) is 3.68. The molecular formula is C19H19N3O2. The number of anilines is 2. The highest BCUT2D eigenvalue weighted by atomic mass is 16.5. The molecule has 0 amide bonds. The van der Waals surface area contributed by atoms with E-state index in [2.05, 4.69) is 29.1 Å². The summed E-state index contributed by atoms with van der Waals surface area (Å²) in [5.74, 6) is 1.36. The van der Waals surface area contributed by atoms with E-state index in [1.165, 1.54) is 7.11 Å². The minimum Gasteiger partial charge on any atom is -0.465 e. The number of aromatic nitrogens is 2. The van der Waals surface area contributed by atoms with E-state index in [-0.39, 0.29) is 11.9 Å². The lowest BCUT2D eigenvalue weighted by molar-refractivity contribution is 0.0601. The Hall–Kier alpha value is -2.95. The number of para-hydroxylation sites is 1. The molecule has 0 aliphatic rings. The molecule has 5 nitrogen and oxygen atoms in total. The van der Waals surface area contributed by atoms with Crippen molar-refractivity contribution in [3.05, 3.63) is 59.9 Å². The van der Waals surface area contributed by atoms with Crippen molar-refractivity contribution in [2.24, 2.45) is 0 Å². The number of nitrogens with zero attached hydrogens (tertiary/aromatic N) is 2. The second-order valence-corrected chi connectivity index (χ2v) is 5.80. The Bertz CT molecular complexity index is 891. The SMILES string of the molecule is COC(=O)c1cccc(Nc2nc(C(C)C)nc3ccccc23)c1. The molecule has 2 aromatic carbocycles. The van der Waals surface area contributed by atoms with E-state index < -0.39 is 0 Å². The number of nitrogens with one attached hydrogen (secondary N) is 1. The van der Waals surface area contributed by atoms with Gasteiger partial charge in [0.25, 0.3) is 0 Å². The van der Waals surface area contributed by atoms with Gasteiger partial charge in [-0.3, -0.25) is 0 Å². The highest BCUT2D eigenvalue weighted by molar-refractivity contribution is 5.93. The number of methoxy groups -OCH3 is 1. The Morgan fingerprint density at radius 3 is 2.62 bits per heavy atom. The molecule has 24 heavy (non-hydrogen) atoms. The quantitative estimate of drug-likeness (QED) is 0.726. The minimum atomic E-state index is -0.367. The Labute approximate surface area is 140 Å². The summed E-state index contributed by atoms with van der Waals surface area (Å²) < 4.78 is 4.77. The molecule has 0 radical (unpaired) electrons. The number of carbonyl (C=O) groups excluding carboxylic acids is 1. The van der Waals surface area contributed by atoms with Gasteiger partial charge in [-0.05, 0) is 30.3 Å². The van der Waals surface area contributed by atoms with Gasteiger partial charge in [0.15, 0.2) is 0 Å². The fourth-order valence-electron chi connectivity index (χ4n) is 2.43. The van der Waals surface area contributed by atoms with Crippen LogP contribution in [0.3, 0.4) is 0 Å². The summed E-state index contributed by atoms with van der Waals surface area (Å²) in [4.78, 5) is 21.0. The van der Waals surface area contributed by atoms with Crippen LogP contribution in [0, 0.1) is 0 Å². The van der Waals surface area contributed by atoms with Gasteiger partial charge in [0, 0.05) is 17.0 Å². The van der Waals surface area contributed by atoms with Crippen LogP contribution in [0.4, 0.5) is 11.5 Å². The number of hydrogen-bond acceptors (Lipinski definition) is 5. The number of ether oxygens (including phenoxy) is 1. The molecule has 0 saturated heterocycles. The number of fused-ring (bicyclic) bond motifs is 1. The highest BCUT2D eigenvalue weighted by Gasteiger charge is 2.11. The molecule has 1 heterocycles. The third-order valence-corrected chi connectivity index (χ3v) is 3.68. The zero-order valence-corrected chi connectivity index (χ0v) is 13.9. The number of hydrogen-bond donors (Lipinski definition) is 1. The first-order valence-electron chi connectivity index (χ1n) is 7.80. The van der Waals surface area contributed by atoms with Crippen molar-refractivity contribution in [1.29, 1.82) is 0 Å². The molecule has 0 bridgehead atoms. The van der Waals surface area contributed by atoms with Crippen molar-refractivity contribution in [1.82, 2.24) is 9.97 Å². The standard InChI is InChI=1S/C19H19N3O2/c1-12(2)17-21-16-10-5-4-9-15(16)18(22-17)20-14-8-6-7-13(11-14)19(23)24-3/h4-12H,1-3H3,(H,20,21,22). The van der Waals surface area contributed by atoms with Crippen molar-refractivity contribution in [2.45, 2.75) is 19.8 Å². The molecule has 3 rings (SSSR count). The molecule has 0 aliphatic carbocycles. The second-order valence-electron chi connectivity index (χ2n) is 5.80. The lowest BCUT2D eigenvalue weighted by Gasteiger charge is -2.13. The zero-order chi connectivity index (χ0) is 17.1. The van der Waals surface area contributed by atoms with Crippen LogP contribution in [-0.2, 0) is 4.74 Å². The molecule has 3 aromatic rings. The molecular weight excluding hydrogens is 302 g/mol. The molecule has 0 saturated carbocycles. The Kier molecular flexibility index (Phi) is 4.42. The Morgan fingerprint density at radius 1 is 1.08 bits per heavy atom. The molecule has 122 valence electrons. The summed E-state index contributed by atoms with van der Waals surface area (Å²) in [6.07, 6.45) is 0. The van der Waals surface area contributed by atoms with Crippen molar-refractivity contribution >= 4 is 28.4 Å². The first-order chi connectivity index (χ1) is 11.6. The van der Waals surface area contributed by atoms with E-state index in [9.17, 15) is 4.79 Å². The van der Waals surface area contributed by atoms with E-state index in [1.807, 2.05) is 30.3 Å². The van der Waals surface area contributed by atoms with Crippen LogP contribution in [0.25, 0.3) is 10.9 Å². The Balaban J connectivity index is 2.05. The monoisotopic (exact) mass is 321 g/mol. The molecule has 1 aromatic heterocycles. The largest absolute Gasteiger partial charge is 0.465 e. The van der Waals surface area contributed by atoms with Gasteiger partial charge in [-0.1, -0.05) is 32.0 Å². The summed E-state index contributed by atoms with van der Waals surface area (Å²) in [7, 11) is 1.37. The zero-order valence-electron chi connectivity index (χ0n) is 13.9. The maximum absolute atomic E-state index is 11.7. The predicted molar refractivity (Wildman–Crippen MR) is 94.7 cm³/mol. The minimum absolute atomic E-state index is 0.219. The maximum Gasteiger partial charge on any atom is 0.337 e. The van der Waals surface area contributed by atoms with Gasteiger partial charge in [-0.2, -0.15) is 0 Å². The molecule has 1 N–H and O–H groups in total. The smallest absolute Gasteiger partial charge is 0.337 e. The van der Waals surface area contributed by atoms with E-state index in [0.717, 1.165) is 28.2 Å². The van der Waals surface area contributed by atoms with Gasteiger partial charge in [0.1, 0.15) is 11.6 Å². The van der Waals surface area contributed by atoms with E-state index >= 15 is 0 Å². The fraction of sp³-hybridized carbons (Fsp3) is 0.211. The maximum atomic E-state index is 11.7. The van der Waals surface area contributed by atoms with Crippen LogP contribution in [0.2, 0.25) is 0 Å². The van der Waals surface area contributed by atoms with Crippen LogP contribution in [0.1, 0.15) is 35.9 Å². The van der Waals surface area contributed by atoms with Gasteiger partial charge < -0.3 is 10.1 Å². The number of esters is 1. The summed E-state index contributed by atoms with van der Waals surface area (Å²) in [5, 5.41) is 4.24. The van der Waals surface area contributed by atoms with E-state index in [4.69, 9.17) is 4.74 Å². The van der Waals surface area contributed by atoms with E-state index in [1.54, 1.807) is 18.2 Å². The lowest BCUT2D eigenvalue weighted by atomic mass is 10.1. The third kappa shape index (κ3) is 3.20. The molecule has 5 heteroatoms. The van der Waals surface area contributed by atoms with Crippen molar-refractivity contribution < 1.29 is 9.53 Å². The van der Waals surface area contributed by atoms with Crippen LogP contribution in [0.5, 0.6) is 0 Å². The van der Waals surface area contributed by atoms with Gasteiger partial charge in [-0.25, -0.2) is 14.8 Å². The first kappa shape index (κ1) is 15.9. The normalized spacial score (nSPS) is 10.8. The number of rotatable bonds is 4.